The fourth-order valence-corrected chi connectivity index (χ4v) is 3.39. The Balaban J connectivity index is 1.66. The third-order valence-electron chi connectivity index (χ3n) is 4.05. The van der Waals surface area contributed by atoms with Crippen LogP contribution in [-0.4, -0.2) is 45.7 Å². The first-order chi connectivity index (χ1) is 10.9. The van der Waals surface area contributed by atoms with E-state index in [-0.39, 0.29) is 11.5 Å². The summed E-state index contributed by atoms with van der Waals surface area (Å²) in [6, 6.07) is 5.65. The maximum Gasteiger partial charge on any atom is 0.253 e. The Bertz CT molecular complexity index is 692. The Morgan fingerprint density at radius 3 is 3.04 bits per heavy atom. The molecular weight excluding hydrogens is 310 g/mol. The lowest BCUT2D eigenvalue weighted by molar-refractivity contribution is -0.0328. The number of hydrogen-bond acceptors (Lipinski definition) is 5. The minimum absolute atomic E-state index is 0.0837. The van der Waals surface area contributed by atoms with Gasteiger partial charge in [-0.25, -0.2) is 0 Å². The largest absolute Gasteiger partial charge is 0.376 e. The van der Waals surface area contributed by atoms with Crippen molar-refractivity contribution in [3.8, 4) is 0 Å². The van der Waals surface area contributed by atoms with Crippen LogP contribution in [0.25, 0.3) is 10.2 Å². The zero-order chi connectivity index (χ0) is 16.4. The van der Waals surface area contributed by atoms with Crippen molar-refractivity contribution in [2.45, 2.75) is 39.2 Å². The van der Waals surface area contributed by atoms with Gasteiger partial charge in [-0.3, -0.25) is 4.79 Å². The molecule has 2 aromatic rings. The van der Waals surface area contributed by atoms with Crippen molar-refractivity contribution < 1.29 is 9.53 Å². The van der Waals surface area contributed by atoms with Gasteiger partial charge in [0, 0.05) is 18.7 Å². The van der Waals surface area contributed by atoms with Crippen LogP contribution in [0.3, 0.4) is 0 Å². The minimum atomic E-state index is -0.130. The second-order valence-electron chi connectivity index (χ2n) is 7.14. The summed E-state index contributed by atoms with van der Waals surface area (Å²) < 4.78 is 10.8. The first-order valence-electron chi connectivity index (χ1n) is 8.08. The molecule has 1 saturated heterocycles. The second-order valence-corrected chi connectivity index (χ2v) is 7.92. The van der Waals surface area contributed by atoms with Crippen LogP contribution in [0, 0.1) is 5.92 Å². The first kappa shape index (κ1) is 16.3. The van der Waals surface area contributed by atoms with Crippen LogP contribution in [-0.2, 0) is 4.74 Å². The molecule has 0 N–H and O–H groups in total. The van der Waals surface area contributed by atoms with Crippen LogP contribution >= 0.6 is 11.5 Å². The molecule has 2 heterocycles. The van der Waals surface area contributed by atoms with Crippen molar-refractivity contribution >= 4 is 27.7 Å². The highest BCUT2D eigenvalue weighted by Crippen LogP contribution is 2.23. The number of carbonyl (C=O) groups excluding carboxylic acids is 1. The average Bonchev–Trinajstić information content (AvgIpc) is 2.99. The van der Waals surface area contributed by atoms with E-state index in [4.69, 9.17) is 4.74 Å². The summed E-state index contributed by atoms with van der Waals surface area (Å²) >= 11 is 1.35. The predicted molar refractivity (Wildman–Crippen MR) is 91.7 cm³/mol. The van der Waals surface area contributed by atoms with Gasteiger partial charge in [0.2, 0.25) is 0 Å². The molecule has 1 fully saturated rings. The lowest BCUT2D eigenvalue weighted by Gasteiger charge is -2.34. The predicted octanol–water partition coefficient (Wildman–Crippen LogP) is 3.36. The van der Waals surface area contributed by atoms with Gasteiger partial charge in [-0.05, 0) is 69.3 Å². The molecule has 1 aliphatic heterocycles. The molecule has 124 valence electrons. The molecular formula is C17H23N3O2S. The number of hydrogen-bond donors (Lipinski definition) is 0. The molecule has 0 radical (unpaired) electrons. The molecule has 1 atom stereocenters. The van der Waals surface area contributed by atoms with Crippen molar-refractivity contribution in [3.63, 3.8) is 0 Å². The summed E-state index contributed by atoms with van der Waals surface area (Å²) in [6.07, 6.45) is 2.15. The van der Waals surface area contributed by atoms with Crippen LogP contribution in [0.5, 0.6) is 0 Å². The number of fused-ring (bicyclic) bond motifs is 1. The molecule has 0 saturated carbocycles. The second kappa shape index (κ2) is 6.53. The van der Waals surface area contributed by atoms with Crippen molar-refractivity contribution in [1.82, 2.24) is 14.5 Å². The van der Waals surface area contributed by atoms with Gasteiger partial charge in [0.05, 0.1) is 16.9 Å². The minimum Gasteiger partial charge on any atom is -0.376 e. The molecule has 6 heteroatoms. The van der Waals surface area contributed by atoms with Gasteiger partial charge in [-0.15, -0.1) is 5.10 Å². The van der Waals surface area contributed by atoms with E-state index < -0.39 is 0 Å². The van der Waals surface area contributed by atoms with Crippen molar-refractivity contribution in [2.75, 3.05) is 19.7 Å². The monoisotopic (exact) mass is 333 g/mol. The average molecular weight is 333 g/mol. The van der Waals surface area contributed by atoms with Crippen molar-refractivity contribution in [1.29, 1.82) is 0 Å². The number of amides is 1. The molecule has 1 aromatic heterocycles. The number of aromatic nitrogens is 2. The maximum atomic E-state index is 12.8. The standard InChI is InChI=1S/C17H23N3O2S/c1-17(2,3)22-11-12-5-4-8-20(10-12)16(21)13-6-7-15-14(9-13)18-19-23-15/h6-7,9,12H,4-5,8,10-11H2,1-3H3. The Kier molecular flexibility index (Phi) is 4.64. The van der Waals surface area contributed by atoms with Crippen molar-refractivity contribution in [2.24, 2.45) is 5.92 Å². The van der Waals surface area contributed by atoms with Gasteiger partial charge in [0.15, 0.2) is 0 Å². The first-order valence-corrected chi connectivity index (χ1v) is 8.85. The Morgan fingerprint density at radius 2 is 2.26 bits per heavy atom. The van der Waals surface area contributed by atoms with E-state index >= 15 is 0 Å². The number of rotatable bonds is 3. The molecule has 3 rings (SSSR count). The normalized spacial score (nSPS) is 19.3. The summed E-state index contributed by atoms with van der Waals surface area (Å²) in [5, 5.41) is 4.06. The van der Waals surface area contributed by atoms with E-state index in [9.17, 15) is 4.79 Å². The fourth-order valence-electron chi connectivity index (χ4n) is 2.85. The maximum absolute atomic E-state index is 12.8. The molecule has 1 unspecified atom stereocenters. The van der Waals surface area contributed by atoms with E-state index in [1.165, 1.54) is 11.5 Å². The van der Waals surface area contributed by atoms with Crippen molar-refractivity contribution in [3.05, 3.63) is 23.8 Å². The highest BCUT2D eigenvalue weighted by molar-refractivity contribution is 7.12. The molecule has 1 aromatic carbocycles. The van der Waals surface area contributed by atoms with E-state index in [1.807, 2.05) is 23.1 Å². The number of nitrogens with zero attached hydrogens (tertiary/aromatic N) is 3. The molecule has 5 nitrogen and oxygen atoms in total. The van der Waals surface area contributed by atoms with E-state index in [0.717, 1.165) is 36.1 Å². The van der Waals surface area contributed by atoms with Crippen LogP contribution in [0.2, 0.25) is 0 Å². The van der Waals surface area contributed by atoms with Gasteiger partial charge < -0.3 is 9.64 Å². The summed E-state index contributed by atoms with van der Waals surface area (Å²) in [5.41, 5.74) is 1.36. The third-order valence-corrected chi connectivity index (χ3v) is 4.76. The highest BCUT2D eigenvalue weighted by atomic mass is 32.1. The number of likely N-dealkylation sites (tertiary alicyclic amines) is 1. The number of benzene rings is 1. The highest BCUT2D eigenvalue weighted by Gasteiger charge is 2.26. The van der Waals surface area contributed by atoms with Gasteiger partial charge in [-0.2, -0.15) is 0 Å². The molecule has 1 amide bonds. The SMILES string of the molecule is CC(C)(C)OCC1CCCN(C(=O)c2ccc3snnc3c2)C1. The quantitative estimate of drug-likeness (QED) is 0.864. The summed E-state index contributed by atoms with van der Waals surface area (Å²) in [7, 11) is 0. The summed E-state index contributed by atoms with van der Waals surface area (Å²) in [6.45, 7) is 8.49. The molecule has 0 bridgehead atoms. The summed E-state index contributed by atoms with van der Waals surface area (Å²) in [4.78, 5) is 14.7. The van der Waals surface area contributed by atoms with Crippen LogP contribution < -0.4 is 0 Å². The lowest BCUT2D eigenvalue weighted by atomic mass is 9.98. The third kappa shape index (κ3) is 4.06. The Morgan fingerprint density at radius 1 is 1.43 bits per heavy atom. The van der Waals surface area contributed by atoms with Crippen LogP contribution in [0.1, 0.15) is 44.0 Å². The smallest absolute Gasteiger partial charge is 0.253 e. The van der Waals surface area contributed by atoms with Gasteiger partial charge in [0.25, 0.3) is 5.91 Å². The zero-order valence-corrected chi connectivity index (χ0v) is 14.7. The van der Waals surface area contributed by atoms with E-state index in [2.05, 4.69) is 30.4 Å². The van der Waals surface area contributed by atoms with Gasteiger partial charge >= 0.3 is 0 Å². The Labute approximate surface area is 140 Å². The number of piperidine rings is 1. The topological polar surface area (TPSA) is 55.3 Å². The fraction of sp³-hybridized carbons (Fsp3) is 0.588. The number of carbonyl (C=O) groups is 1. The zero-order valence-electron chi connectivity index (χ0n) is 13.9. The lowest BCUT2D eigenvalue weighted by Crippen LogP contribution is -2.42. The van der Waals surface area contributed by atoms with Crippen LogP contribution in [0.4, 0.5) is 0 Å². The van der Waals surface area contributed by atoms with Gasteiger partial charge in [0.1, 0.15) is 5.52 Å². The molecule has 0 aliphatic carbocycles. The molecule has 23 heavy (non-hydrogen) atoms. The molecule has 0 spiro atoms. The molecule has 1 aliphatic rings. The van der Waals surface area contributed by atoms with Gasteiger partial charge in [-0.1, -0.05) is 4.49 Å². The van der Waals surface area contributed by atoms with E-state index in [1.54, 1.807) is 0 Å². The van der Waals surface area contributed by atoms with E-state index in [0.29, 0.717) is 18.1 Å². The Hall–Kier alpha value is -1.53. The summed E-state index contributed by atoms with van der Waals surface area (Å²) in [5.74, 6) is 0.497. The number of ether oxygens (including phenoxy) is 1. The van der Waals surface area contributed by atoms with Crippen LogP contribution in [0.15, 0.2) is 18.2 Å².